The molecule has 0 aromatic heterocycles. The second-order valence-corrected chi connectivity index (χ2v) is 4.49. The van der Waals surface area contributed by atoms with Crippen LogP contribution in [0, 0.1) is 11.3 Å². The zero-order valence-electron chi connectivity index (χ0n) is 11.9. The number of nitriles is 1. The van der Waals surface area contributed by atoms with Crippen molar-refractivity contribution in [1.29, 1.82) is 5.26 Å². The van der Waals surface area contributed by atoms with E-state index in [0.717, 1.165) is 37.2 Å². The van der Waals surface area contributed by atoms with Crippen molar-refractivity contribution in [3.05, 3.63) is 23.8 Å². The second kappa shape index (κ2) is 9.27. The van der Waals surface area contributed by atoms with Gasteiger partial charge in [0, 0.05) is 6.42 Å². The summed E-state index contributed by atoms with van der Waals surface area (Å²) in [6.07, 6.45) is 4.35. The fourth-order valence-electron chi connectivity index (χ4n) is 1.74. The average Bonchev–Trinajstić information content (AvgIpc) is 2.44. The molecule has 1 aromatic rings. The van der Waals surface area contributed by atoms with Gasteiger partial charge in [0.2, 0.25) is 0 Å². The maximum Gasteiger partial charge on any atom is 0.161 e. The van der Waals surface area contributed by atoms with Crippen molar-refractivity contribution in [2.45, 2.75) is 46.0 Å². The lowest BCUT2D eigenvalue weighted by Gasteiger charge is -2.13. The number of unbranched alkanes of at least 4 members (excludes halogenated alkanes) is 1. The second-order valence-electron chi connectivity index (χ2n) is 4.49. The smallest absolute Gasteiger partial charge is 0.161 e. The van der Waals surface area contributed by atoms with Gasteiger partial charge in [-0.05, 0) is 43.4 Å². The van der Waals surface area contributed by atoms with E-state index in [1.54, 1.807) is 0 Å². The molecule has 0 fully saturated rings. The van der Waals surface area contributed by atoms with Crippen LogP contribution in [0.15, 0.2) is 18.2 Å². The van der Waals surface area contributed by atoms with E-state index in [1.165, 1.54) is 5.56 Å². The number of hydrogen-bond donors (Lipinski definition) is 0. The summed E-state index contributed by atoms with van der Waals surface area (Å²) in [5.74, 6) is 1.64. The predicted octanol–water partition coefficient (Wildman–Crippen LogP) is 4.11. The van der Waals surface area contributed by atoms with E-state index in [2.05, 4.69) is 26.0 Å². The Morgan fingerprint density at radius 1 is 1.05 bits per heavy atom. The minimum absolute atomic E-state index is 0.596. The normalized spacial score (nSPS) is 9.95. The van der Waals surface area contributed by atoms with Crippen molar-refractivity contribution in [2.24, 2.45) is 0 Å². The molecule has 0 N–H and O–H groups in total. The molecular formula is C16H23NO2. The molecular weight excluding hydrogens is 238 g/mol. The van der Waals surface area contributed by atoms with E-state index in [-0.39, 0.29) is 0 Å². The Morgan fingerprint density at radius 2 is 1.74 bits per heavy atom. The number of benzene rings is 1. The van der Waals surface area contributed by atoms with Gasteiger partial charge in [0.1, 0.15) is 0 Å². The predicted molar refractivity (Wildman–Crippen MR) is 76.6 cm³/mol. The Labute approximate surface area is 116 Å². The lowest BCUT2D eigenvalue weighted by molar-refractivity contribution is 0.268. The third-order valence-electron chi connectivity index (χ3n) is 2.69. The van der Waals surface area contributed by atoms with E-state index in [1.807, 2.05) is 12.1 Å². The molecule has 3 heteroatoms. The summed E-state index contributed by atoms with van der Waals surface area (Å²) in [5, 5.41) is 8.56. The number of rotatable bonds is 9. The monoisotopic (exact) mass is 261 g/mol. The molecule has 0 aliphatic carbocycles. The van der Waals surface area contributed by atoms with Gasteiger partial charge < -0.3 is 9.47 Å². The van der Waals surface area contributed by atoms with Crippen LogP contribution in [0.4, 0.5) is 0 Å². The summed E-state index contributed by atoms with van der Waals surface area (Å²) < 4.78 is 11.4. The molecule has 1 aromatic carbocycles. The van der Waals surface area contributed by atoms with Gasteiger partial charge in [-0.15, -0.1) is 0 Å². The number of nitrogens with zero attached hydrogens (tertiary/aromatic N) is 1. The van der Waals surface area contributed by atoms with Crippen LogP contribution in [-0.2, 0) is 6.42 Å². The third kappa shape index (κ3) is 5.65. The fraction of sp³-hybridized carbons (Fsp3) is 0.562. The third-order valence-corrected chi connectivity index (χ3v) is 2.69. The van der Waals surface area contributed by atoms with Crippen LogP contribution in [0.25, 0.3) is 0 Å². The van der Waals surface area contributed by atoms with Gasteiger partial charge in [-0.25, -0.2) is 0 Å². The molecule has 19 heavy (non-hydrogen) atoms. The lowest BCUT2D eigenvalue weighted by Crippen LogP contribution is -2.02. The highest BCUT2D eigenvalue weighted by molar-refractivity contribution is 5.43. The highest BCUT2D eigenvalue weighted by Gasteiger charge is 2.06. The van der Waals surface area contributed by atoms with E-state index in [0.29, 0.717) is 19.6 Å². The molecule has 0 bridgehead atoms. The highest BCUT2D eigenvalue weighted by atomic mass is 16.5. The topological polar surface area (TPSA) is 42.2 Å². The van der Waals surface area contributed by atoms with Crippen molar-refractivity contribution in [1.82, 2.24) is 0 Å². The van der Waals surface area contributed by atoms with Crippen LogP contribution < -0.4 is 9.47 Å². The fourth-order valence-corrected chi connectivity index (χ4v) is 1.74. The number of ether oxygens (including phenoxy) is 2. The van der Waals surface area contributed by atoms with Gasteiger partial charge in [0.15, 0.2) is 11.5 Å². The molecule has 0 atom stereocenters. The van der Waals surface area contributed by atoms with Crippen molar-refractivity contribution in [3.8, 4) is 17.6 Å². The van der Waals surface area contributed by atoms with Gasteiger partial charge in [0.05, 0.1) is 19.3 Å². The van der Waals surface area contributed by atoms with Gasteiger partial charge >= 0.3 is 0 Å². The Kier molecular flexibility index (Phi) is 7.50. The van der Waals surface area contributed by atoms with Crippen molar-refractivity contribution in [2.75, 3.05) is 13.2 Å². The maximum absolute atomic E-state index is 8.56. The van der Waals surface area contributed by atoms with Crippen molar-refractivity contribution >= 4 is 0 Å². The molecule has 3 nitrogen and oxygen atoms in total. The molecule has 0 amide bonds. The molecule has 0 unspecified atom stereocenters. The van der Waals surface area contributed by atoms with Gasteiger partial charge in [-0.3, -0.25) is 0 Å². The SMILES string of the molecule is CCCOc1ccc(CCCC#N)cc1OCCC. The Hall–Kier alpha value is -1.69. The first-order valence-electron chi connectivity index (χ1n) is 7.07. The summed E-state index contributed by atoms with van der Waals surface area (Å²) in [6.45, 7) is 5.58. The van der Waals surface area contributed by atoms with Crippen LogP contribution in [0.2, 0.25) is 0 Å². The van der Waals surface area contributed by atoms with E-state index in [4.69, 9.17) is 14.7 Å². The van der Waals surface area contributed by atoms with E-state index < -0.39 is 0 Å². The number of aryl methyl sites for hydroxylation is 1. The Balaban J connectivity index is 2.72. The zero-order chi connectivity index (χ0) is 13.9. The molecule has 104 valence electrons. The molecule has 0 heterocycles. The summed E-state index contributed by atoms with van der Waals surface area (Å²) >= 11 is 0. The molecule has 0 saturated heterocycles. The lowest BCUT2D eigenvalue weighted by atomic mass is 10.1. The minimum atomic E-state index is 0.596. The van der Waals surface area contributed by atoms with E-state index in [9.17, 15) is 0 Å². The summed E-state index contributed by atoms with van der Waals surface area (Å²) in [6, 6.07) is 8.24. The van der Waals surface area contributed by atoms with Crippen molar-refractivity contribution < 1.29 is 9.47 Å². The first kappa shape index (κ1) is 15.4. The minimum Gasteiger partial charge on any atom is -0.490 e. The molecule has 0 aliphatic rings. The molecule has 0 saturated carbocycles. The van der Waals surface area contributed by atoms with Crippen LogP contribution in [0.1, 0.15) is 45.1 Å². The molecule has 0 spiro atoms. The summed E-state index contributed by atoms with van der Waals surface area (Å²) in [7, 11) is 0. The van der Waals surface area contributed by atoms with Crippen LogP contribution in [-0.4, -0.2) is 13.2 Å². The summed E-state index contributed by atoms with van der Waals surface area (Å²) in [4.78, 5) is 0. The maximum atomic E-state index is 8.56. The van der Waals surface area contributed by atoms with Crippen LogP contribution >= 0.6 is 0 Å². The largest absolute Gasteiger partial charge is 0.490 e. The molecule has 1 rings (SSSR count). The van der Waals surface area contributed by atoms with Gasteiger partial charge in [-0.2, -0.15) is 5.26 Å². The quantitative estimate of drug-likeness (QED) is 0.628. The number of hydrogen-bond acceptors (Lipinski definition) is 3. The average molecular weight is 261 g/mol. The van der Waals surface area contributed by atoms with Crippen molar-refractivity contribution in [3.63, 3.8) is 0 Å². The van der Waals surface area contributed by atoms with Crippen LogP contribution in [0.5, 0.6) is 11.5 Å². The first-order valence-corrected chi connectivity index (χ1v) is 7.07. The summed E-state index contributed by atoms with van der Waals surface area (Å²) in [5.41, 5.74) is 1.20. The first-order chi connectivity index (χ1) is 9.31. The highest BCUT2D eigenvalue weighted by Crippen LogP contribution is 2.29. The Bertz CT molecular complexity index is 410. The van der Waals surface area contributed by atoms with Crippen LogP contribution in [0.3, 0.4) is 0 Å². The Morgan fingerprint density at radius 3 is 2.37 bits per heavy atom. The standard InChI is InChI=1S/C16H23NO2/c1-3-11-18-15-9-8-14(7-5-6-10-17)13-16(15)19-12-4-2/h8-9,13H,3-7,11-12H2,1-2H3. The molecule has 0 aliphatic heterocycles. The van der Waals surface area contributed by atoms with Gasteiger partial charge in [-0.1, -0.05) is 19.9 Å². The zero-order valence-corrected chi connectivity index (χ0v) is 11.9. The van der Waals surface area contributed by atoms with E-state index >= 15 is 0 Å². The molecule has 0 radical (unpaired) electrons. The van der Waals surface area contributed by atoms with Gasteiger partial charge in [0.25, 0.3) is 0 Å².